The van der Waals surface area contributed by atoms with E-state index in [2.05, 4.69) is 34.0 Å². The van der Waals surface area contributed by atoms with Crippen molar-refractivity contribution in [2.45, 2.75) is 19.9 Å². The number of anilines is 2. The summed E-state index contributed by atoms with van der Waals surface area (Å²) in [5, 5.41) is 14.0. The average molecular weight is 379 g/mol. The van der Waals surface area contributed by atoms with Gasteiger partial charge in [-0.05, 0) is 44.2 Å². The predicted molar refractivity (Wildman–Crippen MR) is 111 cm³/mol. The molecule has 3 heterocycles. The van der Waals surface area contributed by atoms with Crippen molar-refractivity contribution in [1.82, 2.24) is 14.9 Å². The quantitative estimate of drug-likeness (QED) is 0.649. The van der Waals surface area contributed by atoms with Crippen LogP contribution in [0.25, 0.3) is 10.9 Å². The lowest BCUT2D eigenvalue weighted by molar-refractivity contribution is 0.0741. The van der Waals surface area contributed by atoms with Gasteiger partial charge >= 0.3 is 0 Å². The molecular formula is C21H25N5O2. The van der Waals surface area contributed by atoms with Crippen LogP contribution in [0.2, 0.25) is 0 Å². The van der Waals surface area contributed by atoms with Crippen LogP contribution in [-0.2, 0) is 0 Å². The van der Waals surface area contributed by atoms with Gasteiger partial charge in [0.15, 0.2) is 5.82 Å². The third kappa shape index (κ3) is 3.60. The standard InChI is InChI=1S/C21H25N5O2/c1-14(2)23-17-4-3-7-22-20(17)25-8-10-26(11-9-25)21(28)19-12-15-5-6-16(27)13-18(15)24-19/h3-7,12-14,23-24,27H,8-11H2,1-2H3. The molecule has 1 saturated heterocycles. The molecule has 7 heteroatoms. The molecule has 28 heavy (non-hydrogen) atoms. The first kappa shape index (κ1) is 18.2. The summed E-state index contributed by atoms with van der Waals surface area (Å²) in [5.74, 6) is 1.10. The maximum Gasteiger partial charge on any atom is 0.270 e. The van der Waals surface area contributed by atoms with Crippen molar-refractivity contribution in [2.24, 2.45) is 0 Å². The molecule has 0 aliphatic carbocycles. The molecule has 1 aliphatic rings. The normalized spacial score (nSPS) is 14.7. The molecule has 3 N–H and O–H groups in total. The van der Waals surface area contributed by atoms with Crippen molar-refractivity contribution < 1.29 is 9.90 Å². The highest BCUT2D eigenvalue weighted by atomic mass is 16.3. The van der Waals surface area contributed by atoms with Crippen LogP contribution >= 0.6 is 0 Å². The number of amides is 1. The lowest BCUT2D eigenvalue weighted by Gasteiger charge is -2.36. The molecule has 3 aromatic rings. The number of pyridine rings is 1. The number of carbonyl (C=O) groups is 1. The summed E-state index contributed by atoms with van der Waals surface area (Å²) in [6.45, 7) is 6.95. The number of nitrogens with zero attached hydrogens (tertiary/aromatic N) is 3. The van der Waals surface area contributed by atoms with E-state index in [1.54, 1.807) is 24.4 Å². The Morgan fingerprint density at radius 3 is 2.71 bits per heavy atom. The number of phenolic OH excluding ortho intramolecular Hbond substituents is 1. The molecule has 0 atom stereocenters. The summed E-state index contributed by atoms with van der Waals surface area (Å²) in [5.41, 5.74) is 2.33. The lowest BCUT2D eigenvalue weighted by atomic mass is 10.2. The first-order valence-electron chi connectivity index (χ1n) is 9.59. The summed E-state index contributed by atoms with van der Waals surface area (Å²) in [4.78, 5) is 24.6. The third-order valence-corrected chi connectivity index (χ3v) is 4.93. The Morgan fingerprint density at radius 2 is 1.96 bits per heavy atom. The summed E-state index contributed by atoms with van der Waals surface area (Å²) < 4.78 is 0. The van der Waals surface area contributed by atoms with E-state index in [4.69, 9.17) is 0 Å². The highest BCUT2D eigenvalue weighted by molar-refractivity contribution is 5.98. The van der Waals surface area contributed by atoms with E-state index in [9.17, 15) is 9.90 Å². The van der Waals surface area contributed by atoms with E-state index in [-0.39, 0.29) is 11.7 Å². The SMILES string of the molecule is CC(C)Nc1cccnc1N1CCN(C(=O)c2cc3ccc(O)cc3[nH]2)CC1. The number of fused-ring (bicyclic) bond motifs is 1. The Bertz CT molecular complexity index is 989. The van der Waals surface area contributed by atoms with Crippen LogP contribution in [0, 0.1) is 0 Å². The molecule has 0 saturated carbocycles. The number of hydrogen-bond donors (Lipinski definition) is 3. The summed E-state index contributed by atoms with van der Waals surface area (Å²) >= 11 is 0. The van der Waals surface area contributed by atoms with Crippen molar-refractivity contribution in [3.05, 3.63) is 48.3 Å². The van der Waals surface area contributed by atoms with Crippen molar-refractivity contribution >= 4 is 28.3 Å². The molecule has 0 radical (unpaired) electrons. The van der Waals surface area contributed by atoms with Gasteiger partial charge in [-0.2, -0.15) is 0 Å². The maximum absolute atomic E-state index is 12.9. The number of aromatic hydroxyl groups is 1. The van der Waals surface area contributed by atoms with Crippen molar-refractivity contribution in [2.75, 3.05) is 36.4 Å². The van der Waals surface area contributed by atoms with Gasteiger partial charge in [0.2, 0.25) is 0 Å². The number of aromatic amines is 1. The summed E-state index contributed by atoms with van der Waals surface area (Å²) in [6.07, 6.45) is 1.80. The van der Waals surface area contributed by atoms with E-state index >= 15 is 0 Å². The van der Waals surface area contributed by atoms with Crippen LogP contribution in [0.15, 0.2) is 42.6 Å². The predicted octanol–water partition coefficient (Wildman–Crippen LogP) is 3.05. The van der Waals surface area contributed by atoms with Gasteiger partial charge in [-0.25, -0.2) is 4.98 Å². The van der Waals surface area contributed by atoms with E-state index < -0.39 is 0 Å². The third-order valence-electron chi connectivity index (χ3n) is 4.93. The van der Waals surface area contributed by atoms with Crippen LogP contribution < -0.4 is 10.2 Å². The second kappa shape index (κ2) is 7.42. The fourth-order valence-corrected chi connectivity index (χ4v) is 3.59. The minimum absolute atomic E-state index is 0.0168. The van der Waals surface area contributed by atoms with Crippen molar-refractivity contribution in [3.63, 3.8) is 0 Å². The zero-order chi connectivity index (χ0) is 19.7. The van der Waals surface area contributed by atoms with E-state index in [0.29, 0.717) is 24.8 Å². The van der Waals surface area contributed by atoms with Crippen LogP contribution in [0.3, 0.4) is 0 Å². The average Bonchev–Trinajstić information content (AvgIpc) is 3.11. The fourth-order valence-electron chi connectivity index (χ4n) is 3.59. The van der Waals surface area contributed by atoms with Gasteiger partial charge in [-0.3, -0.25) is 4.79 Å². The number of benzene rings is 1. The zero-order valence-electron chi connectivity index (χ0n) is 16.1. The fraction of sp³-hybridized carbons (Fsp3) is 0.333. The molecule has 0 spiro atoms. The van der Waals surface area contributed by atoms with Crippen LogP contribution in [-0.4, -0.2) is 58.1 Å². The van der Waals surface area contributed by atoms with Crippen LogP contribution in [0.1, 0.15) is 24.3 Å². The van der Waals surface area contributed by atoms with Crippen molar-refractivity contribution in [1.29, 1.82) is 0 Å². The molecule has 1 fully saturated rings. The second-order valence-electron chi connectivity index (χ2n) is 7.41. The highest BCUT2D eigenvalue weighted by Crippen LogP contribution is 2.25. The molecule has 4 rings (SSSR count). The molecule has 1 aliphatic heterocycles. The van der Waals surface area contributed by atoms with E-state index in [0.717, 1.165) is 35.5 Å². The van der Waals surface area contributed by atoms with Crippen LogP contribution in [0.4, 0.5) is 11.5 Å². The van der Waals surface area contributed by atoms with Gasteiger partial charge in [0.1, 0.15) is 11.4 Å². The Kier molecular flexibility index (Phi) is 4.81. The largest absolute Gasteiger partial charge is 0.508 e. The maximum atomic E-state index is 12.9. The molecule has 146 valence electrons. The van der Waals surface area contributed by atoms with Gasteiger partial charge in [-0.1, -0.05) is 0 Å². The number of rotatable bonds is 4. The number of hydrogen-bond acceptors (Lipinski definition) is 5. The molecule has 1 amide bonds. The van der Waals surface area contributed by atoms with Crippen LogP contribution in [0.5, 0.6) is 5.75 Å². The Balaban J connectivity index is 1.46. The van der Waals surface area contributed by atoms with Crippen molar-refractivity contribution in [3.8, 4) is 5.75 Å². The van der Waals surface area contributed by atoms with Gasteiger partial charge in [0.05, 0.1) is 5.69 Å². The van der Waals surface area contributed by atoms with E-state index in [1.807, 2.05) is 23.1 Å². The van der Waals surface area contributed by atoms with Gasteiger partial charge < -0.3 is 25.2 Å². The lowest BCUT2D eigenvalue weighted by Crippen LogP contribution is -2.49. The monoisotopic (exact) mass is 379 g/mol. The molecule has 7 nitrogen and oxygen atoms in total. The minimum atomic E-state index is -0.0168. The summed E-state index contributed by atoms with van der Waals surface area (Å²) in [7, 11) is 0. The summed E-state index contributed by atoms with van der Waals surface area (Å²) in [6, 6.07) is 11.2. The number of H-pyrrole nitrogens is 1. The Morgan fingerprint density at radius 1 is 1.18 bits per heavy atom. The van der Waals surface area contributed by atoms with Gasteiger partial charge in [0.25, 0.3) is 5.91 Å². The number of piperazine rings is 1. The molecule has 2 aromatic heterocycles. The van der Waals surface area contributed by atoms with Gasteiger partial charge in [0, 0.05) is 55.4 Å². The Labute approximate surface area is 164 Å². The highest BCUT2D eigenvalue weighted by Gasteiger charge is 2.25. The molecule has 1 aromatic carbocycles. The second-order valence-corrected chi connectivity index (χ2v) is 7.41. The minimum Gasteiger partial charge on any atom is -0.508 e. The zero-order valence-corrected chi connectivity index (χ0v) is 16.1. The van der Waals surface area contributed by atoms with Gasteiger partial charge in [-0.15, -0.1) is 0 Å². The molecular weight excluding hydrogens is 354 g/mol. The first-order chi connectivity index (χ1) is 13.5. The number of phenols is 1. The molecule has 0 bridgehead atoms. The van der Waals surface area contributed by atoms with E-state index in [1.165, 1.54) is 0 Å². The Hall–Kier alpha value is -3.22. The number of aromatic nitrogens is 2. The topological polar surface area (TPSA) is 84.5 Å². The smallest absolute Gasteiger partial charge is 0.270 e. The molecule has 0 unspecified atom stereocenters. The number of carbonyl (C=O) groups excluding carboxylic acids is 1. The number of nitrogens with one attached hydrogen (secondary N) is 2. The first-order valence-corrected chi connectivity index (χ1v) is 9.59.